The predicted octanol–water partition coefficient (Wildman–Crippen LogP) is 2.78. The molecule has 1 aromatic carbocycles. The van der Waals surface area contributed by atoms with Gasteiger partial charge in [0.2, 0.25) is 0 Å². The molecule has 2 rings (SSSR count). The SMILES string of the molecule is CC1COCCC1C(N)c1c(F)cc(F)cc1F. The number of halogens is 3. The molecule has 1 heterocycles. The minimum Gasteiger partial charge on any atom is -0.381 e. The van der Waals surface area contributed by atoms with Crippen LogP contribution >= 0.6 is 0 Å². The third-order valence-corrected chi connectivity index (χ3v) is 3.55. The maximum Gasteiger partial charge on any atom is 0.133 e. The van der Waals surface area contributed by atoms with Crippen molar-refractivity contribution in [3.63, 3.8) is 0 Å². The van der Waals surface area contributed by atoms with Crippen molar-refractivity contribution in [3.05, 3.63) is 35.1 Å². The number of benzene rings is 1. The summed E-state index contributed by atoms with van der Waals surface area (Å²) in [5, 5.41) is 0. The van der Waals surface area contributed by atoms with Crippen LogP contribution in [0.15, 0.2) is 12.1 Å². The van der Waals surface area contributed by atoms with Crippen molar-refractivity contribution in [2.75, 3.05) is 13.2 Å². The van der Waals surface area contributed by atoms with Gasteiger partial charge in [-0.3, -0.25) is 0 Å². The number of ether oxygens (including phenoxy) is 1. The van der Waals surface area contributed by atoms with E-state index in [9.17, 15) is 13.2 Å². The smallest absolute Gasteiger partial charge is 0.133 e. The summed E-state index contributed by atoms with van der Waals surface area (Å²) in [6.07, 6.45) is 0.651. The third-order valence-electron chi connectivity index (χ3n) is 3.55. The third kappa shape index (κ3) is 2.52. The van der Waals surface area contributed by atoms with Gasteiger partial charge in [0, 0.05) is 37.0 Å². The van der Waals surface area contributed by atoms with E-state index in [0.717, 1.165) is 0 Å². The first kappa shape index (κ1) is 13.4. The van der Waals surface area contributed by atoms with Crippen LogP contribution in [0.1, 0.15) is 24.9 Å². The Morgan fingerprint density at radius 2 is 1.89 bits per heavy atom. The summed E-state index contributed by atoms with van der Waals surface area (Å²) in [6.45, 7) is 3.00. The van der Waals surface area contributed by atoms with Crippen molar-refractivity contribution < 1.29 is 17.9 Å². The second kappa shape index (κ2) is 5.28. The minimum absolute atomic E-state index is 0.0618. The fourth-order valence-electron chi connectivity index (χ4n) is 2.52. The van der Waals surface area contributed by atoms with Crippen molar-refractivity contribution in [3.8, 4) is 0 Å². The molecule has 1 fully saturated rings. The average molecular weight is 259 g/mol. The highest BCUT2D eigenvalue weighted by molar-refractivity contribution is 5.25. The van der Waals surface area contributed by atoms with Gasteiger partial charge in [-0.25, -0.2) is 13.2 Å². The molecule has 1 aromatic rings. The molecule has 0 spiro atoms. The molecule has 0 radical (unpaired) electrons. The highest BCUT2D eigenvalue weighted by Crippen LogP contribution is 2.34. The average Bonchev–Trinajstić information content (AvgIpc) is 2.27. The van der Waals surface area contributed by atoms with E-state index in [0.29, 0.717) is 31.8 Å². The minimum atomic E-state index is -0.930. The Labute approximate surface area is 104 Å². The van der Waals surface area contributed by atoms with E-state index in [1.54, 1.807) is 0 Å². The molecule has 2 nitrogen and oxygen atoms in total. The molecule has 0 aliphatic carbocycles. The molecule has 0 bridgehead atoms. The fraction of sp³-hybridized carbons (Fsp3) is 0.538. The molecule has 1 aliphatic heterocycles. The van der Waals surface area contributed by atoms with Crippen LogP contribution in [-0.2, 0) is 4.74 Å². The Kier molecular flexibility index (Phi) is 3.92. The topological polar surface area (TPSA) is 35.2 Å². The lowest BCUT2D eigenvalue weighted by atomic mass is 9.81. The van der Waals surface area contributed by atoms with Gasteiger partial charge in [-0.15, -0.1) is 0 Å². The van der Waals surface area contributed by atoms with Crippen LogP contribution in [0.5, 0.6) is 0 Å². The summed E-state index contributed by atoms with van der Waals surface area (Å²) in [5.41, 5.74) is 5.73. The number of hydrogen-bond donors (Lipinski definition) is 1. The van der Waals surface area contributed by atoms with E-state index in [-0.39, 0.29) is 17.4 Å². The van der Waals surface area contributed by atoms with Crippen molar-refractivity contribution in [2.24, 2.45) is 17.6 Å². The molecular formula is C13H16F3NO. The van der Waals surface area contributed by atoms with Crippen molar-refractivity contribution >= 4 is 0 Å². The monoisotopic (exact) mass is 259 g/mol. The molecular weight excluding hydrogens is 243 g/mol. The number of nitrogens with two attached hydrogens (primary N) is 1. The van der Waals surface area contributed by atoms with Crippen LogP contribution in [0.4, 0.5) is 13.2 Å². The molecule has 0 amide bonds. The van der Waals surface area contributed by atoms with Gasteiger partial charge in [0.1, 0.15) is 17.5 Å². The van der Waals surface area contributed by atoms with Crippen LogP contribution in [0.2, 0.25) is 0 Å². The summed E-state index contributed by atoms with van der Waals surface area (Å²) in [7, 11) is 0. The molecule has 1 saturated heterocycles. The van der Waals surface area contributed by atoms with Gasteiger partial charge in [-0.2, -0.15) is 0 Å². The standard InChI is InChI=1S/C13H16F3NO/c1-7-6-18-3-2-9(7)13(17)12-10(15)4-8(14)5-11(12)16/h4-5,7,9,13H,2-3,6,17H2,1H3. The molecule has 2 N–H and O–H groups in total. The van der Waals surface area contributed by atoms with E-state index in [4.69, 9.17) is 10.5 Å². The van der Waals surface area contributed by atoms with Crippen LogP contribution in [-0.4, -0.2) is 13.2 Å². The molecule has 18 heavy (non-hydrogen) atoms. The zero-order chi connectivity index (χ0) is 13.3. The van der Waals surface area contributed by atoms with Gasteiger partial charge < -0.3 is 10.5 Å². The quantitative estimate of drug-likeness (QED) is 0.886. The van der Waals surface area contributed by atoms with Crippen LogP contribution in [0.3, 0.4) is 0 Å². The number of rotatable bonds is 2. The van der Waals surface area contributed by atoms with Crippen molar-refractivity contribution in [1.82, 2.24) is 0 Å². The first-order chi connectivity index (χ1) is 8.50. The molecule has 100 valence electrons. The Balaban J connectivity index is 2.30. The van der Waals surface area contributed by atoms with Gasteiger partial charge in [-0.05, 0) is 18.3 Å². The molecule has 5 heteroatoms. The van der Waals surface area contributed by atoms with E-state index in [1.807, 2.05) is 6.92 Å². The molecule has 0 saturated carbocycles. The van der Waals surface area contributed by atoms with Crippen molar-refractivity contribution in [1.29, 1.82) is 0 Å². The highest BCUT2D eigenvalue weighted by Gasteiger charge is 2.31. The van der Waals surface area contributed by atoms with E-state index in [1.165, 1.54) is 0 Å². The Bertz CT molecular complexity index is 415. The maximum absolute atomic E-state index is 13.7. The van der Waals surface area contributed by atoms with Gasteiger partial charge in [-0.1, -0.05) is 6.92 Å². The summed E-state index contributed by atoms with van der Waals surface area (Å²) in [4.78, 5) is 0. The number of hydrogen-bond acceptors (Lipinski definition) is 2. The molecule has 1 aliphatic rings. The Morgan fingerprint density at radius 3 is 2.44 bits per heavy atom. The first-order valence-electron chi connectivity index (χ1n) is 5.98. The van der Waals surface area contributed by atoms with E-state index >= 15 is 0 Å². The maximum atomic E-state index is 13.7. The summed E-state index contributed by atoms with van der Waals surface area (Å²) in [6, 6.07) is 0.564. The van der Waals surface area contributed by atoms with Gasteiger partial charge in [0.05, 0.1) is 0 Å². The second-order valence-corrected chi connectivity index (χ2v) is 4.81. The van der Waals surface area contributed by atoms with Crippen molar-refractivity contribution in [2.45, 2.75) is 19.4 Å². The van der Waals surface area contributed by atoms with Gasteiger partial charge in [0.15, 0.2) is 0 Å². The largest absolute Gasteiger partial charge is 0.381 e. The van der Waals surface area contributed by atoms with Crippen LogP contribution < -0.4 is 5.73 Å². The lowest BCUT2D eigenvalue weighted by Crippen LogP contribution is -2.34. The molecule has 0 aromatic heterocycles. The Morgan fingerprint density at radius 1 is 1.28 bits per heavy atom. The van der Waals surface area contributed by atoms with E-state index < -0.39 is 23.5 Å². The first-order valence-corrected chi connectivity index (χ1v) is 5.98. The summed E-state index contributed by atoms with van der Waals surface area (Å²) < 4.78 is 45.4. The summed E-state index contributed by atoms with van der Waals surface area (Å²) in [5.74, 6) is -2.70. The van der Waals surface area contributed by atoms with E-state index in [2.05, 4.69) is 0 Å². The molecule has 3 atom stereocenters. The van der Waals surface area contributed by atoms with Crippen LogP contribution in [0.25, 0.3) is 0 Å². The normalized spacial score (nSPS) is 26.1. The zero-order valence-electron chi connectivity index (χ0n) is 10.1. The predicted molar refractivity (Wildman–Crippen MR) is 61.3 cm³/mol. The Hall–Kier alpha value is -1.07. The summed E-state index contributed by atoms with van der Waals surface area (Å²) >= 11 is 0. The second-order valence-electron chi connectivity index (χ2n) is 4.81. The van der Waals surface area contributed by atoms with Crippen LogP contribution in [0, 0.1) is 29.3 Å². The lowest BCUT2D eigenvalue weighted by Gasteiger charge is -2.33. The zero-order valence-corrected chi connectivity index (χ0v) is 10.1. The lowest BCUT2D eigenvalue weighted by molar-refractivity contribution is 0.0146. The van der Waals surface area contributed by atoms with Gasteiger partial charge in [0.25, 0.3) is 0 Å². The highest BCUT2D eigenvalue weighted by atomic mass is 19.1. The fourth-order valence-corrected chi connectivity index (χ4v) is 2.52. The van der Waals surface area contributed by atoms with Gasteiger partial charge >= 0.3 is 0 Å². The molecule has 3 unspecified atom stereocenters.